The van der Waals surface area contributed by atoms with Gasteiger partial charge in [-0.15, -0.1) is 0 Å². The fourth-order valence-corrected chi connectivity index (χ4v) is 10.9. The highest BCUT2D eigenvalue weighted by molar-refractivity contribution is 5.95. The molecule has 0 aromatic heterocycles. The molecule has 0 amide bonds. The second-order valence-electron chi connectivity index (χ2n) is 14.8. The molecule has 3 N–H and O–H groups in total. The molecule has 0 spiro atoms. The number of fused-ring (bicyclic) bond motifs is 6. The molecule has 0 heterocycles. The number of rotatable bonds is 1. The highest BCUT2D eigenvalue weighted by Gasteiger charge is 2.64. The van der Waals surface area contributed by atoms with Gasteiger partial charge in [0, 0.05) is 16.7 Å². The minimum atomic E-state index is -0.427. The molecule has 0 bridgehead atoms. The predicted molar refractivity (Wildman–Crippen MR) is 134 cm³/mol. The van der Waals surface area contributed by atoms with Crippen molar-refractivity contribution >= 4 is 5.78 Å². The van der Waals surface area contributed by atoms with Crippen LogP contribution in [0, 0.1) is 50.7 Å². The zero-order valence-corrected chi connectivity index (χ0v) is 22.4. The van der Waals surface area contributed by atoms with Crippen molar-refractivity contribution in [2.75, 3.05) is 6.61 Å². The van der Waals surface area contributed by atoms with Crippen molar-refractivity contribution < 1.29 is 20.1 Å². The normalized spacial score (nSPS) is 54.6. The molecule has 0 aromatic carbocycles. The van der Waals surface area contributed by atoms with Crippen molar-refractivity contribution in [3.05, 3.63) is 11.6 Å². The van der Waals surface area contributed by atoms with E-state index in [-0.39, 0.29) is 34.6 Å². The van der Waals surface area contributed by atoms with Gasteiger partial charge in [-0.05, 0) is 97.9 Å². The van der Waals surface area contributed by atoms with Crippen LogP contribution in [-0.4, -0.2) is 39.9 Å². The lowest BCUT2D eigenvalue weighted by atomic mass is 9.42. The average molecular weight is 473 g/mol. The molecule has 10 atom stereocenters. The van der Waals surface area contributed by atoms with Gasteiger partial charge in [0.25, 0.3) is 0 Å². The van der Waals surface area contributed by atoms with Crippen molar-refractivity contribution in [3.63, 3.8) is 0 Å². The number of hydrogen-bond donors (Lipinski definition) is 3. The summed E-state index contributed by atoms with van der Waals surface area (Å²) in [4.78, 5) is 13.6. The molecule has 4 nitrogen and oxygen atoms in total. The Kier molecular flexibility index (Phi) is 5.62. The first-order valence-corrected chi connectivity index (χ1v) is 14.0. The van der Waals surface area contributed by atoms with Gasteiger partial charge in [0.2, 0.25) is 0 Å². The first kappa shape index (κ1) is 25.0. The monoisotopic (exact) mass is 472 g/mol. The molecule has 4 saturated carbocycles. The first-order chi connectivity index (χ1) is 15.7. The zero-order chi connectivity index (χ0) is 24.9. The summed E-state index contributed by atoms with van der Waals surface area (Å²) < 4.78 is 0. The van der Waals surface area contributed by atoms with Gasteiger partial charge >= 0.3 is 0 Å². The van der Waals surface area contributed by atoms with Gasteiger partial charge in [-0.25, -0.2) is 0 Å². The van der Waals surface area contributed by atoms with Gasteiger partial charge in [0.1, 0.15) is 0 Å². The number of carbonyl (C=O) groups excluding carboxylic acids is 1. The van der Waals surface area contributed by atoms with Crippen LogP contribution in [0.4, 0.5) is 0 Å². The first-order valence-electron chi connectivity index (χ1n) is 14.0. The molecule has 4 heteroatoms. The quantitative estimate of drug-likeness (QED) is 0.484. The predicted octanol–water partition coefficient (Wildman–Crippen LogP) is 5.29. The minimum Gasteiger partial charge on any atom is -0.396 e. The number of aliphatic hydroxyl groups excluding tert-OH is 3. The van der Waals surface area contributed by atoms with E-state index in [1.54, 1.807) is 0 Å². The Morgan fingerprint density at radius 1 is 0.824 bits per heavy atom. The summed E-state index contributed by atoms with van der Waals surface area (Å²) in [7, 11) is 0. The summed E-state index contributed by atoms with van der Waals surface area (Å²) in [6.07, 6.45) is 10.1. The van der Waals surface area contributed by atoms with Crippen molar-refractivity contribution in [1.29, 1.82) is 0 Å². The van der Waals surface area contributed by atoms with Crippen LogP contribution in [0.1, 0.15) is 99.3 Å². The molecule has 34 heavy (non-hydrogen) atoms. The van der Waals surface area contributed by atoms with Gasteiger partial charge < -0.3 is 15.3 Å². The topological polar surface area (TPSA) is 77.8 Å². The number of ketones is 1. The van der Waals surface area contributed by atoms with E-state index in [2.05, 4.69) is 41.5 Å². The standard InChI is InChI=1S/C30H48O4/c1-26(2)23(33)10-13-28(4)19-7-8-21-27(3,16-18(19)15-20(32)25(26)28)12-9-22-29(21,5)14-11-24(34)30(22,6)17-31/h15,19,21-25,31,33-34H,7-14,16-17H2,1-6H3/t19-,21-,22+,23+,24+,25-,27-,28+,29+,30+/m0/s1. The number of hydrogen-bond acceptors (Lipinski definition) is 4. The molecule has 0 aromatic rings. The van der Waals surface area contributed by atoms with Crippen molar-refractivity contribution in [2.45, 2.75) is 112 Å². The average Bonchev–Trinajstić information content (AvgIpc) is 2.90. The molecular weight excluding hydrogens is 424 g/mol. The second-order valence-corrected chi connectivity index (χ2v) is 14.8. The van der Waals surface area contributed by atoms with Crippen LogP contribution in [0.2, 0.25) is 0 Å². The van der Waals surface area contributed by atoms with Gasteiger partial charge in [-0.2, -0.15) is 0 Å². The third-order valence-electron chi connectivity index (χ3n) is 12.7. The molecule has 0 aliphatic heterocycles. The van der Waals surface area contributed by atoms with E-state index >= 15 is 0 Å². The Balaban J connectivity index is 1.54. The van der Waals surface area contributed by atoms with Gasteiger partial charge in [-0.1, -0.05) is 47.1 Å². The van der Waals surface area contributed by atoms with Crippen LogP contribution in [0.3, 0.4) is 0 Å². The van der Waals surface area contributed by atoms with E-state index in [9.17, 15) is 20.1 Å². The molecule has 192 valence electrons. The van der Waals surface area contributed by atoms with Crippen molar-refractivity contribution in [2.24, 2.45) is 50.7 Å². The third kappa shape index (κ3) is 3.10. The van der Waals surface area contributed by atoms with E-state index in [1.165, 1.54) is 5.57 Å². The smallest absolute Gasteiger partial charge is 0.159 e. The van der Waals surface area contributed by atoms with Crippen LogP contribution in [0.15, 0.2) is 11.6 Å². The molecule has 0 radical (unpaired) electrons. The minimum absolute atomic E-state index is 0.0529. The molecular formula is C30H48O4. The fraction of sp³-hybridized carbons (Fsp3) is 0.900. The van der Waals surface area contributed by atoms with Crippen molar-refractivity contribution in [3.8, 4) is 0 Å². The molecule has 4 fully saturated rings. The number of carbonyl (C=O) groups is 1. The Hall–Kier alpha value is -0.710. The molecule has 5 aliphatic carbocycles. The van der Waals surface area contributed by atoms with Crippen LogP contribution < -0.4 is 0 Å². The lowest BCUT2D eigenvalue weighted by molar-refractivity contribution is -0.189. The van der Waals surface area contributed by atoms with Crippen LogP contribution in [0.25, 0.3) is 0 Å². The molecule has 5 rings (SSSR count). The summed E-state index contributed by atoms with van der Waals surface area (Å²) >= 11 is 0. The highest BCUT2D eigenvalue weighted by Crippen LogP contribution is 2.70. The third-order valence-corrected chi connectivity index (χ3v) is 12.7. The lowest BCUT2D eigenvalue weighted by Gasteiger charge is -2.64. The second kappa shape index (κ2) is 7.65. The lowest BCUT2D eigenvalue weighted by Crippen LogP contribution is -2.60. The van der Waals surface area contributed by atoms with Gasteiger partial charge in [0.05, 0.1) is 18.8 Å². The molecule has 5 aliphatic rings. The Morgan fingerprint density at radius 2 is 1.47 bits per heavy atom. The maximum absolute atomic E-state index is 13.6. The summed E-state index contributed by atoms with van der Waals surface area (Å²) in [6, 6.07) is 0. The Bertz CT molecular complexity index is 892. The maximum atomic E-state index is 13.6. The van der Waals surface area contributed by atoms with Crippen LogP contribution in [0.5, 0.6) is 0 Å². The van der Waals surface area contributed by atoms with E-state index in [1.807, 2.05) is 6.08 Å². The van der Waals surface area contributed by atoms with E-state index in [0.717, 1.165) is 57.8 Å². The molecule has 0 unspecified atom stereocenters. The summed E-state index contributed by atoms with van der Waals surface area (Å²) in [5.74, 6) is 1.40. The van der Waals surface area contributed by atoms with Crippen molar-refractivity contribution in [1.82, 2.24) is 0 Å². The van der Waals surface area contributed by atoms with E-state index in [4.69, 9.17) is 0 Å². The Labute approximate surface area is 206 Å². The van der Waals surface area contributed by atoms with Crippen LogP contribution >= 0.6 is 0 Å². The maximum Gasteiger partial charge on any atom is 0.159 e. The van der Waals surface area contributed by atoms with Crippen LogP contribution in [-0.2, 0) is 4.79 Å². The molecule has 0 saturated heterocycles. The Morgan fingerprint density at radius 3 is 2.15 bits per heavy atom. The summed E-state index contributed by atoms with van der Waals surface area (Å²) in [5.41, 5.74) is 0.722. The van der Waals surface area contributed by atoms with E-state index in [0.29, 0.717) is 17.8 Å². The fourth-order valence-electron chi connectivity index (χ4n) is 10.9. The number of aliphatic hydroxyl groups is 3. The summed E-state index contributed by atoms with van der Waals surface area (Å²) in [6.45, 7) is 13.6. The number of allylic oxidation sites excluding steroid dienone is 2. The SMILES string of the molecule is CC1(C)[C@H](O)CC[C@]2(C)[C@H]3CC[C@H]4[C@@](C)(CC[C@@H]5[C@]4(C)CC[C@@H](O)[C@]5(C)CO)CC3=CC(=O)[C@@H]12. The summed E-state index contributed by atoms with van der Waals surface area (Å²) in [5, 5.41) is 32.1. The van der Waals surface area contributed by atoms with Gasteiger partial charge in [-0.3, -0.25) is 4.79 Å². The van der Waals surface area contributed by atoms with Gasteiger partial charge in [0.15, 0.2) is 5.78 Å². The zero-order valence-electron chi connectivity index (χ0n) is 22.4. The largest absolute Gasteiger partial charge is 0.396 e. The van der Waals surface area contributed by atoms with E-state index < -0.39 is 23.0 Å². The highest BCUT2D eigenvalue weighted by atomic mass is 16.3.